The van der Waals surface area contributed by atoms with E-state index in [0.717, 1.165) is 74.2 Å². The summed E-state index contributed by atoms with van der Waals surface area (Å²) in [6, 6.07) is 5.95. The molecule has 29 heavy (non-hydrogen) atoms. The van der Waals surface area contributed by atoms with E-state index in [-0.39, 0.29) is 11.8 Å². The maximum absolute atomic E-state index is 13.2. The monoisotopic (exact) mass is 394 g/mol. The van der Waals surface area contributed by atoms with Gasteiger partial charge in [-0.15, -0.1) is 0 Å². The van der Waals surface area contributed by atoms with E-state index in [0.29, 0.717) is 17.4 Å². The number of carbonyl (C=O) groups is 2. The van der Waals surface area contributed by atoms with Crippen LogP contribution in [0.2, 0.25) is 0 Å². The highest BCUT2D eigenvalue weighted by Gasteiger charge is 2.31. The van der Waals surface area contributed by atoms with Gasteiger partial charge in [-0.1, -0.05) is 24.6 Å². The van der Waals surface area contributed by atoms with Crippen LogP contribution in [0.3, 0.4) is 0 Å². The number of anilines is 1. The van der Waals surface area contributed by atoms with Gasteiger partial charge >= 0.3 is 0 Å². The molecule has 2 aromatic rings. The summed E-state index contributed by atoms with van der Waals surface area (Å²) in [5.74, 6) is 0.752. The highest BCUT2D eigenvalue weighted by Crippen LogP contribution is 2.25. The lowest BCUT2D eigenvalue weighted by Gasteiger charge is -2.30. The van der Waals surface area contributed by atoms with Crippen molar-refractivity contribution < 1.29 is 9.59 Å². The lowest BCUT2D eigenvalue weighted by molar-refractivity contribution is 0.0690. The molecule has 4 rings (SSSR count). The van der Waals surface area contributed by atoms with E-state index in [1.165, 1.54) is 0 Å². The molecule has 1 aromatic heterocycles. The molecule has 1 aromatic carbocycles. The Kier molecular flexibility index (Phi) is 5.43. The van der Waals surface area contributed by atoms with E-state index < -0.39 is 0 Å². The molecule has 3 heterocycles. The summed E-state index contributed by atoms with van der Waals surface area (Å²) in [4.78, 5) is 32.7. The summed E-state index contributed by atoms with van der Waals surface area (Å²) < 4.78 is 1.96. The zero-order chi connectivity index (χ0) is 20.5. The molecule has 6 heteroatoms. The number of carbonyl (C=O) groups excluding carboxylic acids is 2. The third-order valence-corrected chi connectivity index (χ3v) is 6.22. The van der Waals surface area contributed by atoms with Gasteiger partial charge in [-0.3, -0.25) is 9.59 Å². The summed E-state index contributed by atoms with van der Waals surface area (Å²) in [7, 11) is 0. The number of piperidine rings is 1. The number of imidazole rings is 1. The molecule has 1 fully saturated rings. The van der Waals surface area contributed by atoms with Gasteiger partial charge in [-0.05, 0) is 63.5 Å². The van der Waals surface area contributed by atoms with Crippen molar-refractivity contribution in [3.8, 4) is 0 Å². The largest absolute Gasteiger partial charge is 0.337 e. The van der Waals surface area contributed by atoms with Crippen molar-refractivity contribution in [2.75, 3.05) is 18.4 Å². The van der Waals surface area contributed by atoms with E-state index in [1.807, 2.05) is 41.5 Å². The van der Waals surface area contributed by atoms with Crippen LogP contribution in [0.5, 0.6) is 0 Å². The minimum Gasteiger partial charge on any atom is -0.337 e. The quantitative estimate of drug-likeness (QED) is 0.857. The van der Waals surface area contributed by atoms with E-state index in [9.17, 15) is 9.59 Å². The van der Waals surface area contributed by atoms with E-state index in [2.05, 4.69) is 17.2 Å². The maximum Gasteiger partial charge on any atom is 0.291 e. The van der Waals surface area contributed by atoms with Crippen molar-refractivity contribution in [2.24, 2.45) is 5.92 Å². The first kappa shape index (κ1) is 19.7. The number of aryl methyl sites for hydroxylation is 2. The second kappa shape index (κ2) is 8.01. The molecule has 0 bridgehead atoms. The predicted molar refractivity (Wildman–Crippen MR) is 113 cm³/mol. The standard InChI is InChI=1S/C23H30N4O2/c1-15-9-12-26(13-10-15)23(29)20-19-6-4-5-11-27(19)21(25-20)22(28)24-18-8-7-16(2)14-17(18)3/h7-8,14-15H,4-6,9-13H2,1-3H3,(H,24,28). The highest BCUT2D eigenvalue weighted by atomic mass is 16.2. The Balaban J connectivity index is 1.62. The smallest absolute Gasteiger partial charge is 0.291 e. The summed E-state index contributed by atoms with van der Waals surface area (Å²) in [5, 5.41) is 2.99. The SMILES string of the molecule is Cc1ccc(NC(=O)c2nc(C(=O)N3CCC(C)CC3)c3n2CCCC3)c(C)c1. The molecule has 2 aliphatic heterocycles. The topological polar surface area (TPSA) is 67.2 Å². The Labute approximate surface area is 172 Å². The molecule has 1 saturated heterocycles. The van der Waals surface area contributed by atoms with Gasteiger partial charge in [0.2, 0.25) is 0 Å². The Hall–Kier alpha value is -2.63. The van der Waals surface area contributed by atoms with E-state index in [1.54, 1.807) is 0 Å². The molecular formula is C23H30N4O2. The van der Waals surface area contributed by atoms with Crippen LogP contribution >= 0.6 is 0 Å². The first-order valence-corrected chi connectivity index (χ1v) is 10.7. The molecule has 0 saturated carbocycles. The van der Waals surface area contributed by atoms with Crippen LogP contribution in [0.15, 0.2) is 18.2 Å². The van der Waals surface area contributed by atoms with Crippen LogP contribution in [0.1, 0.15) is 70.5 Å². The predicted octanol–water partition coefficient (Wildman–Crippen LogP) is 3.96. The number of aromatic nitrogens is 2. The van der Waals surface area contributed by atoms with Gasteiger partial charge in [0.1, 0.15) is 5.69 Å². The molecule has 1 N–H and O–H groups in total. The summed E-state index contributed by atoms with van der Waals surface area (Å²) in [5.41, 5.74) is 4.35. The number of likely N-dealkylation sites (tertiary alicyclic amines) is 1. The van der Waals surface area contributed by atoms with Gasteiger partial charge < -0.3 is 14.8 Å². The lowest BCUT2D eigenvalue weighted by Crippen LogP contribution is -2.38. The van der Waals surface area contributed by atoms with Crippen LogP contribution in [-0.2, 0) is 13.0 Å². The fourth-order valence-electron chi connectivity index (χ4n) is 4.38. The van der Waals surface area contributed by atoms with Crippen molar-refractivity contribution in [1.82, 2.24) is 14.5 Å². The molecular weight excluding hydrogens is 364 g/mol. The summed E-state index contributed by atoms with van der Waals surface area (Å²) >= 11 is 0. The number of hydrogen-bond donors (Lipinski definition) is 1. The van der Waals surface area contributed by atoms with E-state index in [4.69, 9.17) is 0 Å². The van der Waals surface area contributed by atoms with Gasteiger partial charge in [-0.25, -0.2) is 4.98 Å². The molecule has 6 nitrogen and oxygen atoms in total. The average Bonchev–Trinajstić information content (AvgIpc) is 3.10. The Morgan fingerprint density at radius 3 is 2.59 bits per heavy atom. The zero-order valence-corrected chi connectivity index (χ0v) is 17.6. The molecule has 0 unspecified atom stereocenters. The molecule has 0 radical (unpaired) electrons. The minimum atomic E-state index is -0.244. The van der Waals surface area contributed by atoms with Crippen LogP contribution in [0, 0.1) is 19.8 Å². The van der Waals surface area contributed by atoms with Crippen molar-refractivity contribution in [3.63, 3.8) is 0 Å². The van der Waals surface area contributed by atoms with Crippen molar-refractivity contribution in [3.05, 3.63) is 46.5 Å². The molecule has 2 amide bonds. The Morgan fingerprint density at radius 1 is 1.10 bits per heavy atom. The highest BCUT2D eigenvalue weighted by molar-refractivity contribution is 6.04. The molecule has 0 spiro atoms. The van der Waals surface area contributed by atoms with Crippen LogP contribution in [0.25, 0.3) is 0 Å². The van der Waals surface area contributed by atoms with Crippen LogP contribution in [0.4, 0.5) is 5.69 Å². The fourth-order valence-corrected chi connectivity index (χ4v) is 4.38. The minimum absolute atomic E-state index is 0.0203. The third kappa shape index (κ3) is 3.93. The van der Waals surface area contributed by atoms with Crippen molar-refractivity contribution in [1.29, 1.82) is 0 Å². The second-order valence-corrected chi connectivity index (χ2v) is 8.59. The summed E-state index contributed by atoms with van der Waals surface area (Å²) in [6.07, 6.45) is 4.89. The summed E-state index contributed by atoms with van der Waals surface area (Å²) in [6.45, 7) is 8.53. The molecule has 0 aliphatic carbocycles. The normalized spacial score (nSPS) is 17.1. The van der Waals surface area contributed by atoms with Crippen molar-refractivity contribution >= 4 is 17.5 Å². The van der Waals surface area contributed by atoms with Crippen LogP contribution in [-0.4, -0.2) is 39.4 Å². The Morgan fingerprint density at radius 2 is 1.86 bits per heavy atom. The van der Waals surface area contributed by atoms with Gasteiger partial charge in [-0.2, -0.15) is 0 Å². The van der Waals surface area contributed by atoms with Gasteiger partial charge in [0.25, 0.3) is 11.8 Å². The first-order valence-electron chi connectivity index (χ1n) is 10.7. The molecule has 0 atom stereocenters. The van der Waals surface area contributed by atoms with Crippen LogP contribution < -0.4 is 5.32 Å². The zero-order valence-electron chi connectivity index (χ0n) is 17.6. The van der Waals surface area contributed by atoms with E-state index >= 15 is 0 Å². The Bertz CT molecular complexity index is 939. The van der Waals surface area contributed by atoms with Crippen molar-refractivity contribution in [2.45, 2.75) is 59.4 Å². The number of hydrogen-bond acceptors (Lipinski definition) is 3. The molecule has 154 valence electrons. The number of rotatable bonds is 3. The number of amides is 2. The number of benzene rings is 1. The van der Waals surface area contributed by atoms with Gasteiger partial charge in [0, 0.05) is 25.3 Å². The number of nitrogens with zero attached hydrogens (tertiary/aromatic N) is 3. The first-order chi connectivity index (χ1) is 13.9. The number of fused-ring (bicyclic) bond motifs is 1. The fraction of sp³-hybridized carbons (Fsp3) is 0.522. The lowest BCUT2D eigenvalue weighted by atomic mass is 9.98. The van der Waals surface area contributed by atoms with Gasteiger partial charge in [0.05, 0.1) is 5.69 Å². The van der Waals surface area contributed by atoms with Gasteiger partial charge in [0.15, 0.2) is 5.82 Å². The second-order valence-electron chi connectivity index (χ2n) is 8.59. The maximum atomic E-state index is 13.2. The average molecular weight is 395 g/mol. The third-order valence-electron chi connectivity index (χ3n) is 6.22. The number of nitrogens with one attached hydrogen (secondary N) is 1. The molecule has 2 aliphatic rings.